The summed E-state index contributed by atoms with van der Waals surface area (Å²) in [4.78, 5) is 14.7. The minimum Gasteiger partial charge on any atom is -0.468 e. The Morgan fingerprint density at radius 3 is 2.76 bits per heavy atom. The molecule has 7 heteroatoms. The number of hydrogen-bond acceptors (Lipinski definition) is 6. The molecule has 6 nitrogen and oxygen atoms in total. The molecular formula is C10H13NO5S. The van der Waals surface area contributed by atoms with Crippen molar-refractivity contribution in [2.75, 3.05) is 12.9 Å². The lowest BCUT2D eigenvalue weighted by molar-refractivity contribution is -0.137. The van der Waals surface area contributed by atoms with Gasteiger partial charge in [-0.1, -0.05) is 0 Å². The van der Waals surface area contributed by atoms with Crippen LogP contribution in [0.4, 0.5) is 0 Å². The quantitative estimate of drug-likeness (QED) is 0.562. The van der Waals surface area contributed by atoms with Crippen molar-refractivity contribution >= 4 is 16.1 Å². The van der Waals surface area contributed by atoms with Crippen molar-refractivity contribution in [1.82, 2.24) is 4.98 Å². The van der Waals surface area contributed by atoms with E-state index in [1.807, 2.05) is 6.92 Å². The molecule has 0 spiro atoms. The molecule has 1 aromatic heterocycles. The number of carbonyl (C=O) groups excluding carboxylic acids is 1. The van der Waals surface area contributed by atoms with Crippen LogP contribution < -0.4 is 0 Å². The van der Waals surface area contributed by atoms with Gasteiger partial charge in [-0.05, 0) is 24.6 Å². The van der Waals surface area contributed by atoms with Crippen molar-refractivity contribution in [3.05, 3.63) is 29.6 Å². The number of hydrogen-bond donors (Lipinski definition) is 0. The molecule has 17 heavy (non-hydrogen) atoms. The Bertz CT molecular complexity index is 497. The van der Waals surface area contributed by atoms with Crippen LogP contribution in [0.3, 0.4) is 0 Å². The van der Waals surface area contributed by atoms with E-state index >= 15 is 0 Å². The van der Waals surface area contributed by atoms with Gasteiger partial charge in [0.15, 0.2) is 5.75 Å². The monoisotopic (exact) mass is 259 g/mol. The topological polar surface area (TPSA) is 82.6 Å². The van der Waals surface area contributed by atoms with Crippen LogP contribution in [-0.4, -0.2) is 32.2 Å². The van der Waals surface area contributed by atoms with Crippen LogP contribution in [0.1, 0.15) is 11.3 Å². The van der Waals surface area contributed by atoms with Gasteiger partial charge in [0, 0.05) is 6.20 Å². The van der Waals surface area contributed by atoms with E-state index in [2.05, 4.69) is 13.9 Å². The van der Waals surface area contributed by atoms with E-state index in [4.69, 9.17) is 0 Å². The van der Waals surface area contributed by atoms with Gasteiger partial charge in [-0.3, -0.25) is 14.0 Å². The normalized spacial score (nSPS) is 11.2. The average Bonchev–Trinajstić information content (AvgIpc) is 2.26. The molecule has 94 valence electrons. The van der Waals surface area contributed by atoms with Crippen LogP contribution in [0.25, 0.3) is 0 Å². The maximum Gasteiger partial charge on any atom is 0.323 e. The molecule has 0 aliphatic rings. The Morgan fingerprint density at radius 2 is 2.18 bits per heavy atom. The van der Waals surface area contributed by atoms with Crippen LogP contribution in [-0.2, 0) is 30.4 Å². The average molecular weight is 259 g/mol. The Hall–Kier alpha value is -1.47. The van der Waals surface area contributed by atoms with Crippen LogP contribution >= 0.6 is 0 Å². The largest absolute Gasteiger partial charge is 0.468 e. The lowest BCUT2D eigenvalue weighted by atomic mass is 10.2. The van der Waals surface area contributed by atoms with Crippen molar-refractivity contribution in [1.29, 1.82) is 0 Å². The fraction of sp³-hybridized carbons (Fsp3) is 0.400. The summed E-state index contributed by atoms with van der Waals surface area (Å²) in [5.74, 6) is -1.66. The second-order valence-electron chi connectivity index (χ2n) is 3.36. The summed E-state index contributed by atoms with van der Waals surface area (Å²) < 4.78 is 31.5. The van der Waals surface area contributed by atoms with Crippen molar-refractivity contribution in [3.63, 3.8) is 0 Å². The molecule has 1 aromatic rings. The van der Waals surface area contributed by atoms with E-state index in [9.17, 15) is 13.2 Å². The molecule has 0 saturated heterocycles. The molecular weight excluding hydrogens is 246 g/mol. The molecule has 0 aliphatic heterocycles. The smallest absolute Gasteiger partial charge is 0.323 e. The summed E-state index contributed by atoms with van der Waals surface area (Å²) in [6, 6.07) is 3.49. The summed E-state index contributed by atoms with van der Waals surface area (Å²) in [6.45, 7) is 1.66. The van der Waals surface area contributed by atoms with E-state index < -0.39 is 21.8 Å². The number of aryl methyl sites for hydroxylation is 1. The highest BCUT2D eigenvalue weighted by Gasteiger charge is 2.18. The molecule has 0 aliphatic carbocycles. The fourth-order valence-corrected chi connectivity index (χ4v) is 1.86. The molecule has 0 bridgehead atoms. The summed E-state index contributed by atoms with van der Waals surface area (Å²) in [5, 5.41) is 0. The number of carbonyl (C=O) groups is 1. The summed E-state index contributed by atoms with van der Waals surface area (Å²) >= 11 is 0. The maximum atomic E-state index is 11.3. The Balaban J connectivity index is 2.58. The summed E-state index contributed by atoms with van der Waals surface area (Å²) in [6.07, 6.45) is 1.56. The number of rotatable bonds is 5. The van der Waals surface area contributed by atoms with E-state index in [0.29, 0.717) is 5.69 Å². The molecule has 0 N–H and O–H groups in total. The van der Waals surface area contributed by atoms with Crippen molar-refractivity contribution in [3.8, 4) is 0 Å². The zero-order valence-electron chi connectivity index (χ0n) is 9.54. The van der Waals surface area contributed by atoms with E-state index in [-0.39, 0.29) is 6.61 Å². The fourth-order valence-electron chi connectivity index (χ4n) is 1.07. The van der Waals surface area contributed by atoms with Crippen LogP contribution in [0.2, 0.25) is 0 Å². The predicted molar refractivity (Wildman–Crippen MR) is 59.6 cm³/mol. The molecule has 1 rings (SSSR count). The third kappa shape index (κ3) is 4.92. The van der Waals surface area contributed by atoms with E-state index in [1.165, 1.54) is 0 Å². The van der Waals surface area contributed by atoms with Gasteiger partial charge in [-0.15, -0.1) is 0 Å². The number of pyridine rings is 1. The van der Waals surface area contributed by atoms with Crippen LogP contribution in [0.15, 0.2) is 18.3 Å². The highest BCUT2D eigenvalue weighted by molar-refractivity contribution is 7.87. The number of ether oxygens (including phenoxy) is 1. The highest BCUT2D eigenvalue weighted by atomic mass is 32.2. The molecule has 0 unspecified atom stereocenters. The molecule has 0 fully saturated rings. The minimum absolute atomic E-state index is 0.193. The van der Waals surface area contributed by atoms with E-state index in [0.717, 1.165) is 12.7 Å². The molecule has 0 saturated carbocycles. The zero-order chi connectivity index (χ0) is 12.9. The molecule has 0 atom stereocenters. The van der Waals surface area contributed by atoms with Gasteiger partial charge in [0.25, 0.3) is 10.1 Å². The first kappa shape index (κ1) is 13.6. The SMILES string of the molecule is COC(=O)CS(=O)(=O)OCc1cc(C)ccn1. The summed E-state index contributed by atoms with van der Waals surface area (Å²) in [5.41, 5.74) is 1.43. The third-order valence-electron chi connectivity index (χ3n) is 1.88. The lowest BCUT2D eigenvalue weighted by Gasteiger charge is -2.04. The van der Waals surface area contributed by atoms with Crippen molar-refractivity contribution in [2.24, 2.45) is 0 Å². The first-order valence-electron chi connectivity index (χ1n) is 4.78. The van der Waals surface area contributed by atoms with Gasteiger partial charge >= 0.3 is 5.97 Å². The van der Waals surface area contributed by atoms with Crippen LogP contribution in [0, 0.1) is 6.92 Å². The van der Waals surface area contributed by atoms with E-state index in [1.54, 1.807) is 18.3 Å². The zero-order valence-corrected chi connectivity index (χ0v) is 10.4. The Labute approximate surface area is 99.7 Å². The van der Waals surface area contributed by atoms with Crippen molar-refractivity contribution in [2.45, 2.75) is 13.5 Å². The maximum absolute atomic E-state index is 11.3. The Morgan fingerprint density at radius 1 is 1.47 bits per heavy atom. The number of aromatic nitrogens is 1. The van der Waals surface area contributed by atoms with Gasteiger partial charge in [0.05, 0.1) is 12.8 Å². The second kappa shape index (κ2) is 5.74. The molecule has 0 radical (unpaired) electrons. The minimum atomic E-state index is -3.92. The summed E-state index contributed by atoms with van der Waals surface area (Å²) in [7, 11) is -2.81. The first-order valence-corrected chi connectivity index (χ1v) is 6.36. The number of nitrogens with zero attached hydrogens (tertiary/aromatic N) is 1. The van der Waals surface area contributed by atoms with Gasteiger partial charge in [0.2, 0.25) is 0 Å². The third-order valence-corrected chi connectivity index (χ3v) is 2.95. The molecule has 0 aromatic carbocycles. The van der Waals surface area contributed by atoms with Gasteiger partial charge in [0.1, 0.15) is 6.61 Å². The van der Waals surface area contributed by atoms with Gasteiger partial charge in [-0.25, -0.2) is 0 Å². The predicted octanol–water partition coefficient (Wildman–Crippen LogP) is 0.409. The lowest BCUT2D eigenvalue weighted by Crippen LogP contribution is -2.19. The van der Waals surface area contributed by atoms with Crippen molar-refractivity contribution < 1.29 is 22.1 Å². The second-order valence-corrected chi connectivity index (χ2v) is 5.00. The van der Waals surface area contributed by atoms with Gasteiger partial charge < -0.3 is 4.74 Å². The van der Waals surface area contributed by atoms with Crippen LogP contribution in [0.5, 0.6) is 0 Å². The highest BCUT2D eigenvalue weighted by Crippen LogP contribution is 2.04. The number of methoxy groups -OCH3 is 1. The molecule has 1 heterocycles. The standard InChI is InChI=1S/C10H13NO5S/c1-8-3-4-11-9(5-8)6-16-17(13,14)7-10(12)15-2/h3-5H,6-7H2,1-2H3. The Kier molecular flexibility index (Phi) is 4.59. The van der Waals surface area contributed by atoms with Gasteiger partial charge in [-0.2, -0.15) is 8.42 Å². The molecule has 0 amide bonds. The first-order chi connectivity index (χ1) is 7.93. The number of esters is 1.